The summed E-state index contributed by atoms with van der Waals surface area (Å²) in [4.78, 5) is 0. The van der Waals surface area contributed by atoms with Gasteiger partial charge in [-0.3, -0.25) is 0 Å². The summed E-state index contributed by atoms with van der Waals surface area (Å²) in [7, 11) is 0. The topological polar surface area (TPSA) is 21.3 Å². The van der Waals surface area contributed by atoms with Crippen molar-refractivity contribution in [1.82, 2.24) is 5.32 Å². The zero-order valence-corrected chi connectivity index (χ0v) is 13.2. The molecule has 1 aromatic carbocycles. The predicted molar refractivity (Wildman–Crippen MR) is 80.7 cm³/mol. The normalized spacial score (nSPS) is 23.2. The molecule has 2 nitrogen and oxygen atoms in total. The standard InChI is InChI=1S/C16H23ClFNO/c1-15(2,3)19-10-16(6-7-20-11-16)9-12-4-5-13(18)8-14(12)17/h4-5,8,19H,6-7,9-11H2,1-3H3. The Morgan fingerprint density at radius 2 is 2.15 bits per heavy atom. The lowest BCUT2D eigenvalue weighted by Gasteiger charge is -2.32. The van der Waals surface area contributed by atoms with Crippen molar-refractivity contribution < 1.29 is 9.13 Å². The highest BCUT2D eigenvalue weighted by Gasteiger charge is 2.36. The maximum atomic E-state index is 13.1. The Bertz CT molecular complexity index is 464. The zero-order valence-electron chi connectivity index (χ0n) is 12.4. The molecule has 2 rings (SSSR count). The first-order valence-electron chi connectivity index (χ1n) is 7.06. The summed E-state index contributed by atoms with van der Waals surface area (Å²) in [6.07, 6.45) is 1.82. The summed E-state index contributed by atoms with van der Waals surface area (Å²) >= 11 is 6.16. The second kappa shape index (κ2) is 6.00. The molecule has 1 N–H and O–H groups in total. The van der Waals surface area contributed by atoms with Crippen LogP contribution in [0.2, 0.25) is 5.02 Å². The summed E-state index contributed by atoms with van der Waals surface area (Å²) in [5.41, 5.74) is 1.12. The fraction of sp³-hybridized carbons (Fsp3) is 0.625. The van der Waals surface area contributed by atoms with E-state index in [4.69, 9.17) is 16.3 Å². The first-order chi connectivity index (χ1) is 9.30. The van der Waals surface area contributed by atoms with E-state index in [0.29, 0.717) is 5.02 Å². The summed E-state index contributed by atoms with van der Waals surface area (Å²) in [6, 6.07) is 4.65. The highest BCUT2D eigenvalue weighted by Crippen LogP contribution is 2.34. The molecule has 1 fully saturated rings. The quantitative estimate of drug-likeness (QED) is 0.912. The van der Waals surface area contributed by atoms with E-state index in [1.54, 1.807) is 6.07 Å². The molecular weight excluding hydrogens is 277 g/mol. The van der Waals surface area contributed by atoms with E-state index in [1.165, 1.54) is 12.1 Å². The summed E-state index contributed by atoms with van der Waals surface area (Å²) in [5, 5.41) is 4.07. The zero-order chi connectivity index (χ0) is 14.8. The van der Waals surface area contributed by atoms with Gasteiger partial charge in [-0.1, -0.05) is 17.7 Å². The Hall–Kier alpha value is -0.640. The smallest absolute Gasteiger partial charge is 0.124 e. The molecule has 0 saturated carbocycles. The number of halogens is 2. The predicted octanol–water partition coefficient (Wildman–Crippen LogP) is 3.82. The molecule has 4 heteroatoms. The first-order valence-corrected chi connectivity index (χ1v) is 7.44. The lowest BCUT2D eigenvalue weighted by Crippen LogP contribution is -2.45. The van der Waals surface area contributed by atoms with Crippen molar-refractivity contribution in [3.05, 3.63) is 34.6 Å². The van der Waals surface area contributed by atoms with Gasteiger partial charge in [-0.15, -0.1) is 0 Å². The Balaban J connectivity index is 2.12. The molecule has 20 heavy (non-hydrogen) atoms. The van der Waals surface area contributed by atoms with Crippen LogP contribution in [0.3, 0.4) is 0 Å². The van der Waals surface area contributed by atoms with Gasteiger partial charge in [-0.05, 0) is 51.3 Å². The largest absolute Gasteiger partial charge is 0.381 e. The molecule has 1 atom stereocenters. The van der Waals surface area contributed by atoms with Crippen LogP contribution in [0.15, 0.2) is 18.2 Å². The molecule has 1 aliphatic rings. The van der Waals surface area contributed by atoms with Crippen molar-refractivity contribution in [3.63, 3.8) is 0 Å². The van der Waals surface area contributed by atoms with Gasteiger partial charge in [0.25, 0.3) is 0 Å². The number of benzene rings is 1. The number of rotatable bonds is 4. The average molecular weight is 300 g/mol. The molecule has 1 heterocycles. The lowest BCUT2D eigenvalue weighted by molar-refractivity contribution is 0.144. The van der Waals surface area contributed by atoms with Gasteiger partial charge in [0, 0.05) is 29.1 Å². The van der Waals surface area contributed by atoms with E-state index in [0.717, 1.165) is 38.2 Å². The van der Waals surface area contributed by atoms with E-state index in [1.807, 2.05) is 0 Å². The van der Waals surface area contributed by atoms with E-state index in [-0.39, 0.29) is 16.8 Å². The second-order valence-electron chi connectivity index (χ2n) is 6.82. The van der Waals surface area contributed by atoms with Crippen LogP contribution in [0.4, 0.5) is 4.39 Å². The summed E-state index contributed by atoms with van der Waals surface area (Å²) in [6.45, 7) is 8.85. The summed E-state index contributed by atoms with van der Waals surface area (Å²) in [5.74, 6) is -0.289. The van der Waals surface area contributed by atoms with Crippen LogP contribution in [0.5, 0.6) is 0 Å². The van der Waals surface area contributed by atoms with Gasteiger partial charge in [0.2, 0.25) is 0 Å². The van der Waals surface area contributed by atoms with Crippen LogP contribution in [0, 0.1) is 11.2 Å². The first kappa shape index (κ1) is 15.7. The van der Waals surface area contributed by atoms with Crippen molar-refractivity contribution in [2.45, 2.75) is 39.2 Å². The average Bonchev–Trinajstić information content (AvgIpc) is 2.79. The second-order valence-corrected chi connectivity index (χ2v) is 7.23. The van der Waals surface area contributed by atoms with Gasteiger partial charge in [-0.25, -0.2) is 4.39 Å². The highest BCUT2D eigenvalue weighted by molar-refractivity contribution is 6.31. The van der Waals surface area contributed by atoms with Crippen molar-refractivity contribution in [2.75, 3.05) is 19.8 Å². The van der Waals surface area contributed by atoms with E-state index in [9.17, 15) is 4.39 Å². The number of hydrogen-bond acceptors (Lipinski definition) is 2. The van der Waals surface area contributed by atoms with Gasteiger partial charge < -0.3 is 10.1 Å². The van der Waals surface area contributed by atoms with Crippen LogP contribution in [0.25, 0.3) is 0 Å². The van der Waals surface area contributed by atoms with Crippen molar-refractivity contribution in [3.8, 4) is 0 Å². The van der Waals surface area contributed by atoms with Gasteiger partial charge in [0.1, 0.15) is 5.82 Å². The van der Waals surface area contributed by atoms with Crippen molar-refractivity contribution in [1.29, 1.82) is 0 Å². The minimum atomic E-state index is -0.289. The van der Waals surface area contributed by atoms with Crippen LogP contribution in [-0.2, 0) is 11.2 Å². The molecular formula is C16H23ClFNO. The molecule has 0 bridgehead atoms. The highest BCUT2D eigenvalue weighted by atomic mass is 35.5. The van der Waals surface area contributed by atoms with Crippen LogP contribution < -0.4 is 5.32 Å². The molecule has 0 aromatic heterocycles. The molecule has 1 unspecified atom stereocenters. The third kappa shape index (κ3) is 4.18. The van der Waals surface area contributed by atoms with E-state index >= 15 is 0 Å². The molecule has 0 spiro atoms. The fourth-order valence-corrected chi connectivity index (χ4v) is 2.75. The molecule has 0 aliphatic carbocycles. The van der Waals surface area contributed by atoms with Gasteiger partial charge >= 0.3 is 0 Å². The van der Waals surface area contributed by atoms with Crippen molar-refractivity contribution >= 4 is 11.6 Å². The number of hydrogen-bond donors (Lipinski definition) is 1. The molecule has 112 valence electrons. The SMILES string of the molecule is CC(C)(C)NCC1(Cc2ccc(F)cc2Cl)CCOC1. The Labute approximate surface area is 125 Å². The summed E-state index contributed by atoms with van der Waals surface area (Å²) < 4.78 is 18.7. The monoisotopic (exact) mass is 299 g/mol. The van der Waals surface area contributed by atoms with Gasteiger partial charge in [0.05, 0.1) is 6.61 Å². The molecule has 0 amide bonds. The Morgan fingerprint density at radius 1 is 1.40 bits per heavy atom. The molecule has 1 aromatic rings. The third-order valence-corrected chi connectivity index (χ3v) is 4.11. The van der Waals surface area contributed by atoms with Crippen molar-refractivity contribution in [2.24, 2.45) is 5.41 Å². The van der Waals surface area contributed by atoms with E-state index < -0.39 is 0 Å². The number of nitrogens with one attached hydrogen (secondary N) is 1. The van der Waals surface area contributed by atoms with Gasteiger partial charge in [0.15, 0.2) is 0 Å². The van der Waals surface area contributed by atoms with Gasteiger partial charge in [-0.2, -0.15) is 0 Å². The fourth-order valence-electron chi connectivity index (χ4n) is 2.51. The minimum Gasteiger partial charge on any atom is -0.381 e. The van der Waals surface area contributed by atoms with Crippen LogP contribution >= 0.6 is 11.6 Å². The Morgan fingerprint density at radius 3 is 2.70 bits per heavy atom. The third-order valence-electron chi connectivity index (χ3n) is 3.76. The molecule has 0 radical (unpaired) electrons. The number of ether oxygens (including phenoxy) is 1. The molecule has 1 aliphatic heterocycles. The van der Waals surface area contributed by atoms with E-state index in [2.05, 4.69) is 26.1 Å². The van der Waals surface area contributed by atoms with Crippen LogP contribution in [-0.4, -0.2) is 25.3 Å². The molecule has 1 saturated heterocycles. The lowest BCUT2D eigenvalue weighted by atomic mass is 9.80. The maximum absolute atomic E-state index is 13.1. The van der Waals surface area contributed by atoms with Crippen LogP contribution in [0.1, 0.15) is 32.8 Å². The minimum absolute atomic E-state index is 0.0503. The maximum Gasteiger partial charge on any atom is 0.124 e. The Kier molecular flexibility index (Phi) is 4.73.